The van der Waals surface area contributed by atoms with Crippen LogP contribution in [0, 0.1) is 6.92 Å². The highest BCUT2D eigenvalue weighted by molar-refractivity contribution is 7.98. The molecule has 1 aliphatic rings. The van der Waals surface area contributed by atoms with Gasteiger partial charge in [0.1, 0.15) is 11.5 Å². The Morgan fingerprint density at radius 3 is 2.81 bits per heavy atom. The molecule has 1 aromatic carbocycles. The molecular weight excluding hydrogens is 362 g/mol. The van der Waals surface area contributed by atoms with Gasteiger partial charge in [-0.25, -0.2) is 9.97 Å². The first-order valence-corrected chi connectivity index (χ1v) is 10.1. The summed E-state index contributed by atoms with van der Waals surface area (Å²) in [5.41, 5.74) is 3.53. The van der Waals surface area contributed by atoms with Crippen LogP contribution in [0.15, 0.2) is 38.6 Å². The van der Waals surface area contributed by atoms with Crippen LogP contribution in [-0.2, 0) is 18.6 Å². The van der Waals surface area contributed by atoms with Gasteiger partial charge in [0.15, 0.2) is 5.16 Å². The predicted octanol–water partition coefficient (Wildman–Crippen LogP) is 3.91. The largest absolute Gasteiger partial charge is 0.494 e. The van der Waals surface area contributed by atoms with E-state index in [2.05, 4.69) is 15.0 Å². The van der Waals surface area contributed by atoms with Crippen LogP contribution in [0.2, 0.25) is 0 Å². The van der Waals surface area contributed by atoms with E-state index in [1.807, 2.05) is 38.1 Å². The van der Waals surface area contributed by atoms with Crippen molar-refractivity contribution in [2.45, 2.75) is 44.0 Å². The molecule has 0 saturated heterocycles. The number of oxazole rings is 1. The molecular formula is C20H21N3O3S. The number of H-pyrrole nitrogens is 1. The van der Waals surface area contributed by atoms with Gasteiger partial charge in [-0.05, 0) is 57.4 Å². The molecule has 2 aromatic heterocycles. The minimum Gasteiger partial charge on any atom is -0.494 e. The SMILES string of the molecule is CCOc1ccc(-c2nc(CSc3nc4c(c(=O)[nH]3)CCC4)c(C)o2)cc1. The molecule has 0 atom stereocenters. The summed E-state index contributed by atoms with van der Waals surface area (Å²) in [4.78, 5) is 24.2. The maximum Gasteiger partial charge on any atom is 0.254 e. The average molecular weight is 383 g/mol. The molecule has 2 heterocycles. The molecule has 0 unspecified atom stereocenters. The van der Waals surface area contributed by atoms with E-state index in [9.17, 15) is 4.79 Å². The van der Waals surface area contributed by atoms with Crippen LogP contribution in [0.1, 0.15) is 36.1 Å². The number of aryl methyl sites for hydroxylation is 2. The van der Waals surface area contributed by atoms with Crippen molar-refractivity contribution in [3.05, 3.63) is 57.3 Å². The van der Waals surface area contributed by atoms with Gasteiger partial charge in [0, 0.05) is 16.9 Å². The number of nitrogens with zero attached hydrogens (tertiary/aromatic N) is 2. The van der Waals surface area contributed by atoms with Crippen LogP contribution in [0.4, 0.5) is 0 Å². The fourth-order valence-corrected chi connectivity index (χ4v) is 4.05. The summed E-state index contributed by atoms with van der Waals surface area (Å²) in [5.74, 6) is 2.78. The van der Waals surface area contributed by atoms with Crippen molar-refractivity contribution in [2.24, 2.45) is 0 Å². The minimum absolute atomic E-state index is 0.00745. The fourth-order valence-electron chi connectivity index (χ4n) is 3.17. The van der Waals surface area contributed by atoms with Gasteiger partial charge in [-0.3, -0.25) is 4.79 Å². The van der Waals surface area contributed by atoms with E-state index < -0.39 is 0 Å². The molecule has 0 spiro atoms. The van der Waals surface area contributed by atoms with Crippen LogP contribution in [0.25, 0.3) is 11.5 Å². The van der Waals surface area contributed by atoms with E-state index in [1.165, 1.54) is 11.8 Å². The van der Waals surface area contributed by atoms with Crippen molar-refractivity contribution in [3.63, 3.8) is 0 Å². The highest BCUT2D eigenvalue weighted by Crippen LogP contribution is 2.28. The normalized spacial score (nSPS) is 13.0. The van der Waals surface area contributed by atoms with Crippen LogP contribution < -0.4 is 10.3 Å². The molecule has 1 N–H and O–H groups in total. The van der Waals surface area contributed by atoms with E-state index in [0.29, 0.717) is 23.4 Å². The molecule has 0 bridgehead atoms. The van der Waals surface area contributed by atoms with E-state index >= 15 is 0 Å². The van der Waals surface area contributed by atoms with Gasteiger partial charge in [-0.2, -0.15) is 0 Å². The maximum atomic E-state index is 12.1. The highest BCUT2D eigenvalue weighted by atomic mass is 32.2. The fraction of sp³-hybridized carbons (Fsp3) is 0.350. The van der Waals surface area contributed by atoms with Gasteiger partial charge in [-0.1, -0.05) is 11.8 Å². The number of nitrogens with one attached hydrogen (secondary N) is 1. The molecule has 0 saturated carbocycles. The van der Waals surface area contributed by atoms with Crippen molar-refractivity contribution < 1.29 is 9.15 Å². The molecule has 4 rings (SSSR count). The number of hydrogen-bond donors (Lipinski definition) is 1. The Morgan fingerprint density at radius 1 is 1.22 bits per heavy atom. The molecule has 0 aliphatic heterocycles. The van der Waals surface area contributed by atoms with E-state index in [4.69, 9.17) is 9.15 Å². The lowest BCUT2D eigenvalue weighted by atomic mass is 10.2. The quantitative estimate of drug-likeness (QED) is 0.513. The Hall–Kier alpha value is -2.54. The molecule has 0 fully saturated rings. The van der Waals surface area contributed by atoms with E-state index in [1.54, 1.807) is 0 Å². The summed E-state index contributed by atoms with van der Waals surface area (Å²) in [7, 11) is 0. The van der Waals surface area contributed by atoms with E-state index in [-0.39, 0.29) is 5.56 Å². The number of thioether (sulfide) groups is 1. The molecule has 0 amide bonds. The summed E-state index contributed by atoms with van der Waals surface area (Å²) in [6.45, 7) is 4.50. The lowest BCUT2D eigenvalue weighted by molar-refractivity contribution is 0.340. The zero-order valence-corrected chi connectivity index (χ0v) is 16.2. The zero-order valence-electron chi connectivity index (χ0n) is 15.4. The van der Waals surface area contributed by atoms with Crippen LogP contribution >= 0.6 is 11.8 Å². The van der Waals surface area contributed by atoms with Crippen molar-refractivity contribution in [1.29, 1.82) is 0 Å². The van der Waals surface area contributed by atoms with Crippen LogP contribution in [0.3, 0.4) is 0 Å². The van der Waals surface area contributed by atoms with Gasteiger partial charge in [0.05, 0.1) is 18.0 Å². The standard InChI is InChI=1S/C20H21N3O3S/c1-3-25-14-9-7-13(8-10-14)19-21-17(12(2)26-19)11-27-20-22-16-6-4-5-15(16)18(24)23-20/h7-10H,3-6,11H2,1-2H3,(H,22,23,24). The first-order chi connectivity index (χ1) is 13.1. The van der Waals surface area contributed by atoms with Crippen molar-refractivity contribution >= 4 is 11.8 Å². The first kappa shape index (κ1) is 17.9. The van der Waals surface area contributed by atoms with Gasteiger partial charge in [-0.15, -0.1) is 0 Å². The first-order valence-electron chi connectivity index (χ1n) is 9.08. The molecule has 0 radical (unpaired) electrons. The monoisotopic (exact) mass is 383 g/mol. The molecule has 3 aromatic rings. The Labute approximate surface area is 161 Å². The van der Waals surface area contributed by atoms with Crippen molar-refractivity contribution in [3.8, 4) is 17.2 Å². The minimum atomic E-state index is -0.00745. The third-order valence-corrected chi connectivity index (χ3v) is 5.45. The van der Waals surface area contributed by atoms with Gasteiger partial charge in [0.2, 0.25) is 5.89 Å². The van der Waals surface area contributed by atoms with Crippen LogP contribution in [-0.4, -0.2) is 21.6 Å². The van der Waals surface area contributed by atoms with Crippen LogP contribution in [0.5, 0.6) is 5.75 Å². The summed E-state index contributed by atoms with van der Waals surface area (Å²) >= 11 is 1.48. The number of fused-ring (bicyclic) bond motifs is 1. The number of ether oxygens (including phenoxy) is 1. The summed E-state index contributed by atoms with van der Waals surface area (Å²) in [6, 6.07) is 7.69. The number of aromatic amines is 1. The van der Waals surface area contributed by atoms with Crippen molar-refractivity contribution in [2.75, 3.05) is 6.61 Å². The van der Waals surface area contributed by atoms with Crippen molar-refractivity contribution in [1.82, 2.24) is 15.0 Å². The Kier molecular flexibility index (Phi) is 5.03. The second-order valence-electron chi connectivity index (χ2n) is 6.42. The van der Waals surface area contributed by atoms with E-state index in [0.717, 1.165) is 53.3 Å². The topological polar surface area (TPSA) is 81.0 Å². The number of aromatic nitrogens is 3. The number of benzene rings is 1. The second kappa shape index (κ2) is 7.60. The molecule has 1 aliphatic carbocycles. The Bertz CT molecular complexity index is 1010. The van der Waals surface area contributed by atoms with Gasteiger partial charge >= 0.3 is 0 Å². The smallest absolute Gasteiger partial charge is 0.254 e. The van der Waals surface area contributed by atoms with Gasteiger partial charge < -0.3 is 14.1 Å². The third-order valence-electron chi connectivity index (χ3n) is 4.57. The highest BCUT2D eigenvalue weighted by Gasteiger charge is 2.18. The predicted molar refractivity (Wildman–Crippen MR) is 104 cm³/mol. The zero-order chi connectivity index (χ0) is 18.8. The Morgan fingerprint density at radius 2 is 2.04 bits per heavy atom. The summed E-state index contributed by atoms with van der Waals surface area (Å²) in [6.07, 6.45) is 2.72. The second-order valence-corrected chi connectivity index (χ2v) is 7.38. The van der Waals surface area contributed by atoms with Gasteiger partial charge in [0.25, 0.3) is 5.56 Å². The molecule has 27 heavy (non-hydrogen) atoms. The molecule has 7 heteroatoms. The lowest BCUT2D eigenvalue weighted by Crippen LogP contribution is -2.14. The maximum absolute atomic E-state index is 12.1. The summed E-state index contributed by atoms with van der Waals surface area (Å²) in [5, 5.41) is 0.644. The lowest BCUT2D eigenvalue weighted by Gasteiger charge is -2.03. The Balaban J connectivity index is 1.49. The third kappa shape index (κ3) is 3.78. The molecule has 140 valence electrons. The molecule has 6 nitrogen and oxygen atoms in total. The number of hydrogen-bond acceptors (Lipinski definition) is 6. The summed E-state index contributed by atoms with van der Waals surface area (Å²) < 4.78 is 11.3. The average Bonchev–Trinajstić information content (AvgIpc) is 3.28. The number of rotatable bonds is 6.